The Bertz CT molecular complexity index is 514. The number of benzene rings is 1. The van der Waals surface area contributed by atoms with Gasteiger partial charge < -0.3 is 4.74 Å². The summed E-state index contributed by atoms with van der Waals surface area (Å²) in [5, 5.41) is 1.44. The van der Waals surface area contributed by atoms with E-state index in [9.17, 15) is 0 Å². The zero-order valence-corrected chi connectivity index (χ0v) is 10.9. The van der Waals surface area contributed by atoms with Crippen molar-refractivity contribution in [2.45, 2.75) is 6.61 Å². The van der Waals surface area contributed by atoms with E-state index in [2.05, 4.69) is 4.98 Å². The van der Waals surface area contributed by atoms with Crippen LogP contribution in [0, 0.1) is 0 Å². The highest BCUT2D eigenvalue weighted by Gasteiger charge is 2.01. The highest BCUT2D eigenvalue weighted by Crippen LogP contribution is 2.26. The van der Waals surface area contributed by atoms with E-state index in [1.54, 1.807) is 30.5 Å². The van der Waals surface area contributed by atoms with E-state index in [1.165, 1.54) is 0 Å². The molecule has 88 valence electrons. The summed E-state index contributed by atoms with van der Waals surface area (Å²) in [4.78, 5) is 3.96. The number of aromatic nitrogens is 1. The summed E-state index contributed by atoms with van der Waals surface area (Å²) >= 11 is 17.4. The van der Waals surface area contributed by atoms with Crippen LogP contribution in [0.4, 0.5) is 0 Å². The molecule has 0 saturated carbocycles. The number of nitrogens with zero attached hydrogens (tertiary/aromatic N) is 1. The van der Waals surface area contributed by atoms with Crippen LogP contribution < -0.4 is 4.74 Å². The quantitative estimate of drug-likeness (QED) is 0.769. The molecule has 0 aliphatic rings. The largest absolute Gasteiger partial charge is 0.489 e. The summed E-state index contributed by atoms with van der Waals surface area (Å²) < 4.78 is 5.54. The molecule has 1 aromatic carbocycles. The molecule has 0 saturated heterocycles. The molecule has 0 aliphatic heterocycles. The predicted molar refractivity (Wildman–Crippen MR) is 70.0 cm³/mol. The molecule has 0 spiro atoms. The first-order chi connectivity index (χ1) is 8.15. The molecule has 5 heteroatoms. The fourth-order valence-corrected chi connectivity index (χ4v) is 1.63. The van der Waals surface area contributed by atoms with E-state index in [4.69, 9.17) is 39.5 Å². The average Bonchev–Trinajstić information content (AvgIpc) is 2.33. The zero-order chi connectivity index (χ0) is 12.3. The van der Waals surface area contributed by atoms with Gasteiger partial charge in [-0.05, 0) is 18.2 Å². The summed E-state index contributed by atoms with van der Waals surface area (Å²) in [7, 11) is 0. The monoisotopic (exact) mass is 287 g/mol. The third-order valence-corrected chi connectivity index (χ3v) is 3.05. The minimum atomic E-state index is 0.405. The second-order valence-electron chi connectivity index (χ2n) is 3.35. The molecule has 0 fully saturated rings. The van der Waals surface area contributed by atoms with Crippen LogP contribution in [0.25, 0.3) is 0 Å². The van der Waals surface area contributed by atoms with Crippen LogP contribution in [0.1, 0.15) is 5.56 Å². The maximum Gasteiger partial charge on any atom is 0.129 e. The molecule has 2 nitrogen and oxygen atoms in total. The van der Waals surface area contributed by atoms with Gasteiger partial charge in [-0.25, -0.2) is 4.98 Å². The van der Waals surface area contributed by atoms with Crippen LogP contribution in [0.3, 0.4) is 0 Å². The van der Waals surface area contributed by atoms with Gasteiger partial charge in [-0.15, -0.1) is 0 Å². The minimum absolute atomic E-state index is 0.405. The lowest BCUT2D eigenvalue weighted by Crippen LogP contribution is -1.95. The first kappa shape index (κ1) is 12.5. The van der Waals surface area contributed by atoms with Crippen LogP contribution in [-0.2, 0) is 6.61 Å². The van der Waals surface area contributed by atoms with Crippen molar-refractivity contribution in [2.75, 3.05) is 0 Å². The molecule has 0 radical (unpaired) electrons. The number of ether oxygens (including phenoxy) is 1. The van der Waals surface area contributed by atoms with Gasteiger partial charge in [0.15, 0.2) is 0 Å². The van der Waals surface area contributed by atoms with Crippen molar-refractivity contribution < 1.29 is 4.74 Å². The lowest BCUT2D eigenvalue weighted by Gasteiger charge is -2.06. The van der Waals surface area contributed by atoms with Crippen molar-refractivity contribution in [3.8, 4) is 5.75 Å². The smallest absolute Gasteiger partial charge is 0.129 e. The number of pyridine rings is 1. The van der Waals surface area contributed by atoms with Gasteiger partial charge in [-0.3, -0.25) is 0 Å². The van der Waals surface area contributed by atoms with Crippen LogP contribution in [0.2, 0.25) is 15.2 Å². The lowest BCUT2D eigenvalue weighted by atomic mass is 10.3. The highest BCUT2D eigenvalue weighted by molar-refractivity contribution is 6.42. The topological polar surface area (TPSA) is 22.1 Å². The Balaban J connectivity index is 2.02. The molecule has 2 aromatic rings. The minimum Gasteiger partial charge on any atom is -0.489 e. The average molecular weight is 289 g/mol. The Hall–Kier alpha value is -0.960. The van der Waals surface area contributed by atoms with Crippen molar-refractivity contribution in [2.24, 2.45) is 0 Å². The van der Waals surface area contributed by atoms with Gasteiger partial charge in [0.05, 0.1) is 10.0 Å². The predicted octanol–water partition coefficient (Wildman–Crippen LogP) is 4.62. The second kappa shape index (κ2) is 5.58. The fraction of sp³-hybridized carbons (Fsp3) is 0.0833. The van der Waals surface area contributed by atoms with E-state index in [1.807, 2.05) is 6.07 Å². The Kier molecular flexibility index (Phi) is 4.11. The van der Waals surface area contributed by atoms with Crippen LogP contribution in [0.5, 0.6) is 5.75 Å². The third-order valence-electron chi connectivity index (χ3n) is 2.09. The molecule has 0 aliphatic carbocycles. The maximum absolute atomic E-state index is 5.87. The third kappa shape index (κ3) is 3.50. The lowest BCUT2D eigenvalue weighted by molar-refractivity contribution is 0.306. The molecular weight excluding hydrogens is 280 g/mol. The van der Waals surface area contributed by atoms with Crippen molar-refractivity contribution in [3.63, 3.8) is 0 Å². The van der Waals surface area contributed by atoms with Crippen LogP contribution in [0.15, 0.2) is 36.5 Å². The first-order valence-corrected chi connectivity index (χ1v) is 5.97. The van der Waals surface area contributed by atoms with E-state index >= 15 is 0 Å². The van der Waals surface area contributed by atoms with Gasteiger partial charge in [0.25, 0.3) is 0 Å². The maximum atomic E-state index is 5.87. The van der Waals surface area contributed by atoms with Gasteiger partial charge in [-0.2, -0.15) is 0 Å². The van der Waals surface area contributed by atoms with E-state index in [0.29, 0.717) is 27.6 Å². The Morgan fingerprint density at radius 3 is 2.47 bits per heavy atom. The summed E-state index contributed by atoms with van der Waals surface area (Å²) in [6.07, 6.45) is 1.67. The molecule has 2 rings (SSSR count). The van der Waals surface area contributed by atoms with Gasteiger partial charge in [0.2, 0.25) is 0 Å². The Labute approximate surface area is 114 Å². The zero-order valence-electron chi connectivity index (χ0n) is 8.66. The molecule has 0 N–H and O–H groups in total. The summed E-state index contributed by atoms with van der Waals surface area (Å²) in [5.41, 5.74) is 0.931. The van der Waals surface area contributed by atoms with Crippen LogP contribution in [-0.4, -0.2) is 4.98 Å². The van der Waals surface area contributed by atoms with Gasteiger partial charge in [0, 0.05) is 17.8 Å². The summed E-state index contributed by atoms with van der Waals surface area (Å²) in [6, 6.07) is 8.70. The van der Waals surface area contributed by atoms with Crippen molar-refractivity contribution in [1.29, 1.82) is 0 Å². The van der Waals surface area contributed by atoms with E-state index in [-0.39, 0.29) is 0 Å². The Morgan fingerprint density at radius 1 is 1.00 bits per heavy atom. The molecule has 0 atom stereocenters. The van der Waals surface area contributed by atoms with E-state index < -0.39 is 0 Å². The van der Waals surface area contributed by atoms with Gasteiger partial charge >= 0.3 is 0 Å². The molecule has 1 heterocycles. The first-order valence-electron chi connectivity index (χ1n) is 4.83. The number of halogens is 3. The van der Waals surface area contributed by atoms with Crippen molar-refractivity contribution >= 4 is 34.8 Å². The van der Waals surface area contributed by atoms with Crippen LogP contribution >= 0.6 is 34.8 Å². The standard InChI is InChI=1S/C12H8Cl3NO/c13-10-3-2-9(5-11(10)14)17-7-8-1-4-12(15)16-6-8/h1-6H,7H2. The Morgan fingerprint density at radius 2 is 1.82 bits per heavy atom. The normalized spacial score (nSPS) is 10.3. The highest BCUT2D eigenvalue weighted by atomic mass is 35.5. The number of rotatable bonds is 3. The number of hydrogen-bond donors (Lipinski definition) is 0. The molecule has 0 unspecified atom stereocenters. The van der Waals surface area contributed by atoms with E-state index in [0.717, 1.165) is 5.56 Å². The summed E-state index contributed by atoms with van der Waals surface area (Å²) in [5.74, 6) is 0.661. The molecule has 0 amide bonds. The SMILES string of the molecule is Clc1ccc(COc2ccc(Cl)c(Cl)c2)cn1. The second-order valence-corrected chi connectivity index (χ2v) is 4.56. The van der Waals surface area contributed by atoms with Gasteiger partial charge in [0.1, 0.15) is 17.5 Å². The molecule has 0 bridgehead atoms. The van der Waals surface area contributed by atoms with Gasteiger partial charge in [-0.1, -0.05) is 40.9 Å². The summed E-state index contributed by atoms with van der Waals surface area (Å²) in [6.45, 7) is 0.405. The molecular formula is C12H8Cl3NO. The fourth-order valence-electron chi connectivity index (χ4n) is 1.23. The van der Waals surface area contributed by atoms with Crippen molar-refractivity contribution in [1.82, 2.24) is 4.98 Å². The molecule has 1 aromatic heterocycles. The molecule has 17 heavy (non-hydrogen) atoms. The van der Waals surface area contributed by atoms with Crippen molar-refractivity contribution in [3.05, 3.63) is 57.3 Å². The number of hydrogen-bond acceptors (Lipinski definition) is 2.